The normalized spacial score (nSPS) is 24.2. The number of benzene rings is 1. The van der Waals surface area contributed by atoms with Crippen LogP contribution in [0.15, 0.2) is 18.2 Å². The van der Waals surface area contributed by atoms with E-state index >= 15 is 0 Å². The SMILES string of the molecule is O=C(CC1CCOC2(CCN(C(=O)c3cc(F)ccc3F)CC2)C1)NC1CC1. The van der Waals surface area contributed by atoms with Crippen LogP contribution in [0, 0.1) is 17.6 Å². The van der Waals surface area contributed by atoms with Crippen LogP contribution in [0.1, 0.15) is 55.3 Å². The molecule has 1 N–H and O–H groups in total. The van der Waals surface area contributed by atoms with Crippen LogP contribution >= 0.6 is 0 Å². The maximum absolute atomic E-state index is 13.9. The molecule has 2 amide bonds. The first-order valence-corrected chi connectivity index (χ1v) is 10.1. The maximum atomic E-state index is 13.9. The lowest BCUT2D eigenvalue weighted by atomic mass is 9.78. The molecular weight excluding hydrogens is 366 g/mol. The molecule has 7 heteroatoms. The highest BCUT2D eigenvalue weighted by atomic mass is 19.1. The van der Waals surface area contributed by atoms with E-state index in [2.05, 4.69) is 5.32 Å². The second-order valence-electron chi connectivity index (χ2n) is 8.35. The van der Waals surface area contributed by atoms with E-state index in [9.17, 15) is 18.4 Å². The summed E-state index contributed by atoms with van der Waals surface area (Å²) >= 11 is 0. The fourth-order valence-electron chi connectivity index (χ4n) is 4.38. The Morgan fingerprint density at radius 3 is 2.64 bits per heavy atom. The van der Waals surface area contributed by atoms with Crippen LogP contribution in [-0.4, -0.2) is 48.1 Å². The van der Waals surface area contributed by atoms with Crippen molar-refractivity contribution in [1.82, 2.24) is 10.2 Å². The Kier molecular flexibility index (Phi) is 5.36. The minimum atomic E-state index is -0.706. The molecule has 1 spiro atoms. The standard InChI is InChI=1S/C21H26F2N2O3/c22-15-1-4-18(23)17(12-15)20(27)25-8-6-21(7-9-25)13-14(5-10-28-21)11-19(26)24-16-2-3-16/h1,4,12,14,16H,2-3,5-11,13H2,(H,24,26). The third-order valence-corrected chi connectivity index (χ3v) is 6.13. The molecule has 1 aromatic carbocycles. The van der Waals surface area contributed by atoms with Gasteiger partial charge in [-0.25, -0.2) is 8.78 Å². The number of likely N-dealkylation sites (tertiary alicyclic amines) is 1. The first kappa shape index (κ1) is 19.3. The topological polar surface area (TPSA) is 58.6 Å². The van der Waals surface area contributed by atoms with E-state index in [4.69, 9.17) is 4.74 Å². The number of nitrogens with one attached hydrogen (secondary N) is 1. The lowest BCUT2D eigenvalue weighted by molar-refractivity contribution is -0.134. The predicted molar refractivity (Wildman–Crippen MR) is 98.7 cm³/mol. The Balaban J connectivity index is 1.34. The van der Waals surface area contributed by atoms with Gasteiger partial charge in [-0.15, -0.1) is 0 Å². The van der Waals surface area contributed by atoms with E-state index in [-0.39, 0.29) is 23.0 Å². The Morgan fingerprint density at radius 1 is 1.18 bits per heavy atom. The van der Waals surface area contributed by atoms with Crippen molar-refractivity contribution in [3.63, 3.8) is 0 Å². The molecule has 0 aromatic heterocycles. The van der Waals surface area contributed by atoms with E-state index in [1.165, 1.54) is 0 Å². The number of carbonyl (C=O) groups is 2. The predicted octanol–water partition coefficient (Wildman–Crippen LogP) is 3.03. The van der Waals surface area contributed by atoms with Gasteiger partial charge in [-0.1, -0.05) is 0 Å². The first-order valence-electron chi connectivity index (χ1n) is 10.1. The lowest BCUT2D eigenvalue weighted by Crippen LogP contribution is -2.51. The summed E-state index contributed by atoms with van der Waals surface area (Å²) in [7, 11) is 0. The van der Waals surface area contributed by atoms with Crippen molar-refractivity contribution in [3.8, 4) is 0 Å². The number of nitrogens with zero attached hydrogens (tertiary/aromatic N) is 1. The Hall–Kier alpha value is -2.02. The molecule has 1 atom stereocenters. The van der Waals surface area contributed by atoms with Gasteiger partial charge in [-0.2, -0.15) is 0 Å². The van der Waals surface area contributed by atoms with E-state index in [1.54, 1.807) is 4.90 Å². The van der Waals surface area contributed by atoms with Crippen LogP contribution in [0.5, 0.6) is 0 Å². The molecule has 2 heterocycles. The molecule has 4 rings (SSSR count). The van der Waals surface area contributed by atoms with Gasteiger partial charge >= 0.3 is 0 Å². The number of halogens is 2. The zero-order chi connectivity index (χ0) is 19.7. The molecule has 152 valence electrons. The zero-order valence-corrected chi connectivity index (χ0v) is 15.9. The quantitative estimate of drug-likeness (QED) is 0.857. The van der Waals surface area contributed by atoms with Gasteiger partial charge in [-0.05, 0) is 62.6 Å². The number of hydrogen-bond donors (Lipinski definition) is 1. The monoisotopic (exact) mass is 392 g/mol. The summed E-state index contributed by atoms with van der Waals surface area (Å²) in [5.74, 6) is -1.40. The van der Waals surface area contributed by atoms with Crippen molar-refractivity contribution in [2.45, 2.75) is 56.6 Å². The van der Waals surface area contributed by atoms with Gasteiger partial charge in [0, 0.05) is 32.2 Å². The summed E-state index contributed by atoms with van der Waals surface area (Å²) < 4.78 is 33.4. The molecule has 0 bridgehead atoms. The number of ether oxygens (including phenoxy) is 1. The van der Waals surface area contributed by atoms with E-state index in [0.29, 0.717) is 45.0 Å². The van der Waals surface area contributed by atoms with Crippen LogP contribution in [0.4, 0.5) is 8.78 Å². The van der Waals surface area contributed by atoms with Gasteiger partial charge in [0.05, 0.1) is 11.2 Å². The molecule has 0 radical (unpaired) electrons. The molecule has 3 aliphatic rings. The number of carbonyl (C=O) groups excluding carboxylic acids is 2. The molecule has 1 saturated carbocycles. The molecule has 1 unspecified atom stereocenters. The smallest absolute Gasteiger partial charge is 0.256 e. The molecule has 2 aliphatic heterocycles. The maximum Gasteiger partial charge on any atom is 0.256 e. The summed E-state index contributed by atoms with van der Waals surface area (Å²) in [5, 5.41) is 3.04. The van der Waals surface area contributed by atoms with Crippen LogP contribution in [0.3, 0.4) is 0 Å². The van der Waals surface area contributed by atoms with Crippen molar-refractivity contribution < 1.29 is 23.1 Å². The largest absolute Gasteiger partial charge is 0.375 e. The molecule has 1 aliphatic carbocycles. The lowest BCUT2D eigenvalue weighted by Gasteiger charge is -2.46. The fourth-order valence-corrected chi connectivity index (χ4v) is 4.38. The van der Waals surface area contributed by atoms with Gasteiger partial charge in [0.15, 0.2) is 0 Å². The second-order valence-corrected chi connectivity index (χ2v) is 8.35. The Labute approximate surface area is 163 Å². The summed E-state index contributed by atoms with van der Waals surface area (Å²) in [6, 6.07) is 3.31. The average Bonchev–Trinajstić information content (AvgIpc) is 3.48. The fraction of sp³-hybridized carbons (Fsp3) is 0.619. The van der Waals surface area contributed by atoms with Crippen molar-refractivity contribution in [2.75, 3.05) is 19.7 Å². The molecule has 1 aromatic rings. The Bertz CT molecular complexity index is 758. The van der Waals surface area contributed by atoms with E-state index < -0.39 is 17.5 Å². The summed E-state index contributed by atoms with van der Waals surface area (Å²) in [5.41, 5.74) is -0.546. The Morgan fingerprint density at radius 2 is 1.93 bits per heavy atom. The van der Waals surface area contributed by atoms with Crippen LogP contribution in [0.25, 0.3) is 0 Å². The number of hydrogen-bond acceptors (Lipinski definition) is 3. The van der Waals surface area contributed by atoms with Crippen LogP contribution in [-0.2, 0) is 9.53 Å². The van der Waals surface area contributed by atoms with Crippen molar-refractivity contribution >= 4 is 11.8 Å². The van der Waals surface area contributed by atoms with Crippen molar-refractivity contribution in [2.24, 2.45) is 5.92 Å². The number of amides is 2. The third-order valence-electron chi connectivity index (χ3n) is 6.13. The second kappa shape index (κ2) is 7.78. The van der Waals surface area contributed by atoms with Gasteiger partial charge in [0.2, 0.25) is 5.91 Å². The van der Waals surface area contributed by atoms with Crippen molar-refractivity contribution in [3.05, 3.63) is 35.4 Å². The highest BCUT2D eigenvalue weighted by Gasteiger charge is 2.42. The molecule has 5 nitrogen and oxygen atoms in total. The highest BCUT2D eigenvalue weighted by Crippen LogP contribution is 2.39. The van der Waals surface area contributed by atoms with E-state index in [1.807, 2.05) is 0 Å². The summed E-state index contributed by atoms with van der Waals surface area (Å²) in [6.07, 6.45) is 5.67. The molecule has 28 heavy (non-hydrogen) atoms. The highest BCUT2D eigenvalue weighted by molar-refractivity contribution is 5.94. The van der Waals surface area contributed by atoms with E-state index in [0.717, 1.165) is 43.9 Å². The number of rotatable bonds is 4. The van der Waals surface area contributed by atoms with Crippen LogP contribution < -0.4 is 5.32 Å². The van der Waals surface area contributed by atoms with Gasteiger partial charge in [-0.3, -0.25) is 9.59 Å². The first-order chi connectivity index (χ1) is 13.4. The molecule has 2 saturated heterocycles. The number of piperidine rings is 1. The molecule has 3 fully saturated rings. The zero-order valence-electron chi connectivity index (χ0n) is 15.9. The van der Waals surface area contributed by atoms with Crippen molar-refractivity contribution in [1.29, 1.82) is 0 Å². The minimum absolute atomic E-state index is 0.124. The summed E-state index contributed by atoms with van der Waals surface area (Å²) in [6.45, 7) is 1.50. The van der Waals surface area contributed by atoms with Gasteiger partial charge < -0.3 is 15.0 Å². The van der Waals surface area contributed by atoms with Gasteiger partial charge in [0.1, 0.15) is 11.6 Å². The molecular formula is C21H26F2N2O3. The average molecular weight is 392 g/mol. The summed E-state index contributed by atoms with van der Waals surface area (Å²) in [4.78, 5) is 26.3. The third kappa shape index (κ3) is 4.35. The minimum Gasteiger partial charge on any atom is -0.375 e. The van der Waals surface area contributed by atoms with Gasteiger partial charge in [0.25, 0.3) is 5.91 Å². The van der Waals surface area contributed by atoms with Crippen LogP contribution in [0.2, 0.25) is 0 Å².